The molecule has 0 fully saturated rings. The molecule has 0 bridgehead atoms. The summed E-state index contributed by atoms with van der Waals surface area (Å²) in [6.45, 7) is 10.3. The number of nitrogens with one attached hydrogen (secondary N) is 1. The summed E-state index contributed by atoms with van der Waals surface area (Å²) >= 11 is 1.90. The van der Waals surface area contributed by atoms with Gasteiger partial charge in [0.15, 0.2) is 5.76 Å². The largest absolute Gasteiger partial charge is 0.360 e. The van der Waals surface area contributed by atoms with Crippen molar-refractivity contribution in [2.45, 2.75) is 58.8 Å². The zero-order valence-electron chi connectivity index (χ0n) is 13.7. The fourth-order valence-electron chi connectivity index (χ4n) is 1.78. The molecule has 1 unspecified atom stereocenters. The summed E-state index contributed by atoms with van der Waals surface area (Å²) in [6.07, 6.45) is 3.35. The van der Waals surface area contributed by atoms with Crippen LogP contribution in [0.25, 0.3) is 0 Å². The van der Waals surface area contributed by atoms with Gasteiger partial charge < -0.3 is 9.84 Å². The molecule has 0 aliphatic rings. The number of nitrogens with zero attached hydrogens (tertiary/aromatic N) is 2. The Morgan fingerprint density at radius 2 is 2.15 bits per heavy atom. The first-order chi connectivity index (χ1) is 9.31. The van der Waals surface area contributed by atoms with Crippen molar-refractivity contribution in [3.63, 3.8) is 0 Å². The lowest BCUT2D eigenvalue weighted by molar-refractivity contribution is 0.215. The number of hydrogen-bond acceptors (Lipinski definition) is 5. The van der Waals surface area contributed by atoms with Crippen LogP contribution in [0, 0.1) is 0 Å². The van der Waals surface area contributed by atoms with Crippen molar-refractivity contribution in [1.82, 2.24) is 15.4 Å². The zero-order valence-corrected chi connectivity index (χ0v) is 14.5. The predicted molar refractivity (Wildman–Crippen MR) is 87.0 cm³/mol. The Balaban J connectivity index is 2.43. The van der Waals surface area contributed by atoms with Crippen molar-refractivity contribution in [2.24, 2.45) is 0 Å². The summed E-state index contributed by atoms with van der Waals surface area (Å²) in [6, 6.07) is 2.61. The summed E-state index contributed by atoms with van der Waals surface area (Å²) < 4.78 is 5.42. The van der Waals surface area contributed by atoms with E-state index in [1.165, 1.54) is 12.2 Å². The zero-order chi connectivity index (χ0) is 15.2. The lowest BCUT2D eigenvalue weighted by atomic mass is 10.1. The summed E-state index contributed by atoms with van der Waals surface area (Å²) in [7, 11) is 2.14. The molecule has 1 heterocycles. The molecule has 116 valence electrons. The molecular weight excluding hydrogens is 270 g/mol. The molecule has 0 spiro atoms. The first-order valence-electron chi connectivity index (χ1n) is 7.20. The summed E-state index contributed by atoms with van der Waals surface area (Å²) in [5, 5.41) is 7.54. The minimum atomic E-state index is 0.0994. The van der Waals surface area contributed by atoms with Gasteiger partial charge in [0.2, 0.25) is 0 Å². The first kappa shape index (κ1) is 17.5. The second-order valence-electron chi connectivity index (χ2n) is 6.43. The van der Waals surface area contributed by atoms with Gasteiger partial charge in [-0.2, -0.15) is 11.8 Å². The van der Waals surface area contributed by atoms with E-state index in [-0.39, 0.29) is 5.54 Å². The normalized spacial score (nSPS) is 13.9. The van der Waals surface area contributed by atoms with Crippen LogP contribution in [0.15, 0.2) is 10.6 Å². The molecule has 0 aliphatic carbocycles. The third-order valence-electron chi connectivity index (χ3n) is 3.31. The van der Waals surface area contributed by atoms with E-state index in [0.29, 0.717) is 6.04 Å². The maximum absolute atomic E-state index is 5.42. The van der Waals surface area contributed by atoms with Crippen molar-refractivity contribution in [3.05, 3.63) is 17.5 Å². The molecule has 1 aromatic rings. The van der Waals surface area contributed by atoms with Gasteiger partial charge in [-0.25, -0.2) is 0 Å². The average molecular weight is 299 g/mol. The van der Waals surface area contributed by atoms with Crippen LogP contribution in [0.1, 0.15) is 45.6 Å². The lowest BCUT2D eigenvalue weighted by Gasteiger charge is -2.22. The van der Waals surface area contributed by atoms with Gasteiger partial charge in [0.05, 0.1) is 12.2 Å². The quantitative estimate of drug-likeness (QED) is 0.798. The Morgan fingerprint density at radius 1 is 1.45 bits per heavy atom. The van der Waals surface area contributed by atoms with E-state index in [9.17, 15) is 0 Å². The maximum Gasteiger partial charge on any atom is 0.151 e. The van der Waals surface area contributed by atoms with Crippen LogP contribution < -0.4 is 5.32 Å². The van der Waals surface area contributed by atoms with Crippen LogP contribution in [-0.2, 0) is 13.1 Å². The van der Waals surface area contributed by atoms with E-state index in [0.717, 1.165) is 24.5 Å². The second-order valence-corrected chi connectivity index (χ2v) is 7.42. The van der Waals surface area contributed by atoms with Gasteiger partial charge >= 0.3 is 0 Å². The Bertz CT molecular complexity index is 387. The van der Waals surface area contributed by atoms with Crippen molar-refractivity contribution in [2.75, 3.05) is 19.1 Å². The van der Waals surface area contributed by atoms with E-state index in [1.54, 1.807) is 0 Å². The van der Waals surface area contributed by atoms with Crippen molar-refractivity contribution >= 4 is 11.8 Å². The summed E-state index contributed by atoms with van der Waals surface area (Å²) in [4.78, 5) is 2.32. The molecule has 4 nitrogen and oxygen atoms in total. The Hall–Kier alpha value is -0.520. The van der Waals surface area contributed by atoms with E-state index < -0.39 is 0 Å². The van der Waals surface area contributed by atoms with Crippen LogP contribution >= 0.6 is 11.8 Å². The fraction of sp³-hybridized carbons (Fsp3) is 0.800. The number of thioether (sulfide) groups is 1. The molecule has 1 rings (SSSR count). The molecule has 1 atom stereocenters. The maximum atomic E-state index is 5.42. The van der Waals surface area contributed by atoms with E-state index >= 15 is 0 Å². The van der Waals surface area contributed by atoms with Crippen molar-refractivity contribution in [3.8, 4) is 0 Å². The Kier molecular flexibility index (Phi) is 7.06. The molecular formula is C15H29N3OS. The standard InChI is InChI=1S/C15H29N3OS/c1-12(7-8-20-6)18(5)11-14-9-13(17-19-14)10-16-15(2,3)4/h9,12,16H,7-8,10-11H2,1-6H3. The highest BCUT2D eigenvalue weighted by atomic mass is 32.2. The smallest absolute Gasteiger partial charge is 0.151 e. The average Bonchev–Trinajstić information content (AvgIpc) is 2.80. The van der Waals surface area contributed by atoms with Gasteiger partial charge in [0, 0.05) is 24.2 Å². The molecule has 1 aromatic heterocycles. The molecule has 0 aromatic carbocycles. The van der Waals surface area contributed by atoms with Gasteiger partial charge in [-0.3, -0.25) is 4.90 Å². The van der Waals surface area contributed by atoms with Crippen LogP contribution in [0.2, 0.25) is 0 Å². The van der Waals surface area contributed by atoms with Gasteiger partial charge in [-0.1, -0.05) is 5.16 Å². The van der Waals surface area contributed by atoms with Crippen molar-refractivity contribution in [1.29, 1.82) is 0 Å². The molecule has 0 radical (unpaired) electrons. The van der Waals surface area contributed by atoms with E-state index in [2.05, 4.69) is 62.4 Å². The van der Waals surface area contributed by atoms with Crippen LogP contribution in [0.4, 0.5) is 0 Å². The molecule has 0 aliphatic heterocycles. The van der Waals surface area contributed by atoms with Crippen LogP contribution in [0.5, 0.6) is 0 Å². The topological polar surface area (TPSA) is 41.3 Å². The molecule has 0 saturated carbocycles. The minimum Gasteiger partial charge on any atom is -0.360 e. The van der Waals surface area contributed by atoms with Crippen LogP contribution in [0.3, 0.4) is 0 Å². The first-order valence-corrected chi connectivity index (χ1v) is 8.60. The number of rotatable bonds is 8. The summed E-state index contributed by atoms with van der Waals surface area (Å²) in [5.74, 6) is 2.14. The predicted octanol–water partition coefficient (Wildman–Crippen LogP) is 3.14. The third-order valence-corrected chi connectivity index (χ3v) is 3.95. The fourth-order valence-corrected chi connectivity index (χ4v) is 2.36. The van der Waals surface area contributed by atoms with E-state index in [4.69, 9.17) is 4.52 Å². The Labute approximate surface area is 127 Å². The monoisotopic (exact) mass is 299 g/mol. The third kappa shape index (κ3) is 6.77. The van der Waals surface area contributed by atoms with Crippen molar-refractivity contribution < 1.29 is 4.52 Å². The van der Waals surface area contributed by atoms with Crippen LogP contribution in [-0.4, -0.2) is 40.7 Å². The summed E-state index contributed by atoms with van der Waals surface area (Å²) in [5.41, 5.74) is 1.07. The van der Waals surface area contributed by atoms with Gasteiger partial charge in [-0.05, 0) is 53.2 Å². The Morgan fingerprint density at radius 3 is 2.75 bits per heavy atom. The SMILES string of the molecule is CSCCC(C)N(C)Cc1cc(CNC(C)(C)C)no1. The molecule has 0 saturated heterocycles. The van der Waals surface area contributed by atoms with Gasteiger partial charge in [0.1, 0.15) is 0 Å². The highest BCUT2D eigenvalue weighted by Gasteiger charge is 2.14. The molecule has 0 amide bonds. The number of hydrogen-bond donors (Lipinski definition) is 1. The highest BCUT2D eigenvalue weighted by Crippen LogP contribution is 2.12. The van der Waals surface area contributed by atoms with Gasteiger partial charge in [0.25, 0.3) is 0 Å². The molecule has 1 N–H and O–H groups in total. The van der Waals surface area contributed by atoms with Gasteiger partial charge in [-0.15, -0.1) is 0 Å². The second kappa shape index (κ2) is 8.05. The molecule has 5 heteroatoms. The highest BCUT2D eigenvalue weighted by molar-refractivity contribution is 7.98. The lowest BCUT2D eigenvalue weighted by Crippen LogP contribution is -2.35. The van der Waals surface area contributed by atoms with E-state index in [1.807, 2.05) is 11.8 Å². The number of aromatic nitrogens is 1. The minimum absolute atomic E-state index is 0.0994. The molecule has 20 heavy (non-hydrogen) atoms.